The summed E-state index contributed by atoms with van der Waals surface area (Å²) in [5.74, 6) is 0. The second-order valence-corrected chi connectivity index (χ2v) is 10.1. The first-order chi connectivity index (χ1) is 9.82. The topological polar surface area (TPSA) is 24.9 Å². The Hall–Kier alpha value is 0.250. The fourth-order valence-corrected chi connectivity index (χ4v) is 5.25. The van der Waals surface area contributed by atoms with Crippen molar-refractivity contribution in [2.45, 2.75) is 45.6 Å². The van der Waals surface area contributed by atoms with Crippen LogP contribution in [0.4, 0.5) is 0 Å². The molecule has 0 aliphatic carbocycles. The molecule has 0 fully saturated rings. The van der Waals surface area contributed by atoms with Gasteiger partial charge in [0.1, 0.15) is 5.01 Å². The van der Waals surface area contributed by atoms with E-state index in [-0.39, 0.29) is 11.5 Å². The first-order valence-electron chi connectivity index (χ1n) is 6.97. The summed E-state index contributed by atoms with van der Waals surface area (Å²) in [5, 5.41) is 6.96. The highest BCUT2D eigenvalue weighted by molar-refractivity contribution is 9.13. The molecule has 0 spiro atoms. The van der Waals surface area contributed by atoms with Gasteiger partial charge in [-0.05, 0) is 50.9 Å². The molecule has 1 unspecified atom stereocenters. The molecule has 0 bridgehead atoms. The van der Waals surface area contributed by atoms with Crippen LogP contribution in [0.2, 0.25) is 0 Å². The highest BCUT2D eigenvalue weighted by Crippen LogP contribution is 2.39. The molecule has 0 aliphatic heterocycles. The zero-order chi connectivity index (χ0) is 15.6. The average Bonchev–Trinajstić information content (AvgIpc) is 2.98. The molecule has 0 radical (unpaired) electrons. The van der Waals surface area contributed by atoms with Gasteiger partial charge in [-0.15, -0.1) is 22.7 Å². The lowest BCUT2D eigenvalue weighted by Crippen LogP contribution is -2.22. The lowest BCUT2D eigenvalue weighted by Gasteiger charge is -2.16. The van der Waals surface area contributed by atoms with E-state index in [0.29, 0.717) is 0 Å². The Bertz CT molecular complexity index is 580. The van der Waals surface area contributed by atoms with Crippen LogP contribution in [0.15, 0.2) is 19.7 Å². The van der Waals surface area contributed by atoms with Crippen LogP contribution in [-0.4, -0.2) is 11.5 Å². The molecule has 21 heavy (non-hydrogen) atoms. The Morgan fingerprint density at radius 1 is 1.33 bits per heavy atom. The Morgan fingerprint density at radius 3 is 2.52 bits per heavy atom. The fraction of sp³-hybridized carbons (Fsp3) is 0.533. The second kappa shape index (κ2) is 7.21. The second-order valence-electron chi connectivity index (χ2n) is 5.98. The van der Waals surface area contributed by atoms with E-state index in [0.717, 1.165) is 26.2 Å². The molecule has 1 atom stereocenters. The molecular formula is C15H20Br2N2S2. The maximum atomic E-state index is 4.88. The predicted molar refractivity (Wildman–Crippen MR) is 101 cm³/mol. The van der Waals surface area contributed by atoms with Gasteiger partial charge in [-0.2, -0.15) is 0 Å². The number of nitrogens with one attached hydrogen (secondary N) is 1. The summed E-state index contributed by atoms with van der Waals surface area (Å²) in [6.45, 7) is 9.80. The van der Waals surface area contributed by atoms with Crippen molar-refractivity contribution in [1.82, 2.24) is 10.3 Å². The molecule has 2 aromatic rings. The summed E-state index contributed by atoms with van der Waals surface area (Å²) in [6.07, 6.45) is 1.11. The number of halogens is 2. The summed E-state index contributed by atoms with van der Waals surface area (Å²) in [4.78, 5) is 6.17. The Kier molecular flexibility index (Phi) is 6.05. The van der Waals surface area contributed by atoms with Crippen molar-refractivity contribution in [2.24, 2.45) is 0 Å². The molecule has 0 saturated heterocycles. The molecule has 0 saturated carbocycles. The molecule has 2 nitrogen and oxygen atoms in total. The number of rotatable bonds is 5. The van der Waals surface area contributed by atoms with Crippen LogP contribution in [0.5, 0.6) is 0 Å². The zero-order valence-corrected chi connectivity index (χ0v) is 17.5. The van der Waals surface area contributed by atoms with Gasteiger partial charge in [0.05, 0.1) is 15.5 Å². The van der Waals surface area contributed by atoms with Crippen molar-refractivity contribution < 1.29 is 0 Å². The highest BCUT2D eigenvalue weighted by atomic mass is 79.9. The third-order valence-electron chi connectivity index (χ3n) is 3.08. The van der Waals surface area contributed by atoms with E-state index in [2.05, 4.69) is 76.3 Å². The summed E-state index contributed by atoms with van der Waals surface area (Å²) in [6, 6.07) is 2.36. The molecular weight excluding hydrogens is 432 g/mol. The molecule has 0 aromatic carbocycles. The van der Waals surface area contributed by atoms with E-state index in [4.69, 9.17) is 4.98 Å². The SMILES string of the molecule is CCCNC(c1cc(Br)c(Br)s1)c1nc(C(C)(C)C)cs1. The van der Waals surface area contributed by atoms with Gasteiger partial charge in [-0.3, -0.25) is 0 Å². The Morgan fingerprint density at radius 2 is 2.05 bits per heavy atom. The first-order valence-corrected chi connectivity index (χ1v) is 10.2. The minimum Gasteiger partial charge on any atom is -0.304 e. The Labute approximate surface area is 151 Å². The number of aromatic nitrogens is 1. The van der Waals surface area contributed by atoms with E-state index in [1.807, 2.05) is 0 Å². The Balaban J connectivity index is 2.33. The molecule has 2 heterocycles. The normalized spacial score (nSPS) is 13.6. The van der Waals surface area contributed by atoms with Crippen molar-refractivity contribution in [3.63, 3.8) is 0 Å². The van der Waals surface area contributed by atoms with Crippen molar-refractivity contribution in [3.8, 4) is 0 Å². The van der Waals surface area contributed by atoms with Crippen LogP contribution in [-0.2, 0) is 5.41 Å². The third kappa shape index (κ3) is 4.38. The van der Waals surface area contributed by atoms with Gasteiger partial charge >= 0.3 is 0 Å². The lowest BCUT2D eigenvalue weighted by atomic mass is 9.93. The standard InChI is InChI=1S/C15H20Br2N2S2/c1-5-6-18-12(10-7-9(16)13(17)21-10)14-19-11(8-20-14)15(2,3)4/h7-8,12,18H,5-6H2,1-4H3. The van der Waals surface area contributed by atoms with E-state index in [1.165, 1.54) is 10.6 Å². The van der Waals surface area contributed by atoms with E-state index in [1.54, 1.807) is 22.7 Å². The van der Waals surface area contributed by atoms with Gasteiger partial charge in [-0.25, -0.2) is 4.98 Å². The van der Waals surface area contributed by atoms with Crippen molar-refractivity contribution in [1.29, 1.82) is 0 Å². The van der Waals surface area contributed by atoms with Crippen LogP contribution in [0, 0.1) is 0 Å². The summed E-state index contributed by atoms with van der Waals surface area (Å²) in [7, 11) is 0. The number of thiophene rings is 1. The molecule has 116 valence electrons. The van der Waals surface area contributed by atoms with Crippen LogP contribution in [0.25, 0.3) is 0 Å². The summed E-state index contributed by atoms with van der Waals surface area (Å²) >= 11 is 10.7. The molecule has 2 rings (SSSR count). The van der Waals surface area contributed by atoms with Gasteiger partial charge in [-0.1, -0.05) is 27.7 Å². The molecule has 6 heteroatoms. The number of nitrogens with zero attached hydrogens (tertiary/aromatic N) is 1. The molecule has 0 amide bonds. The van der Waals surface area contributed by atoms with E-state index >= 15 is 0 Å². The van der Waals surface area contributed by atoms with Crippen LogP contribution >= 0.6 is 54.5 Å². The molecule has 0 aliphatic rings. The van der Waals surface area contributed by atoms with Crippen LogP contribution in [0.1, 0.15) is 55.7 Å². The van der Waals surface area contributed by atoms with Crippen LogP contribution in [0.3, 0.4) is 0 Å². The van der Waals surface area contributed by atoms with Gasteiger partial charge in [0.25, 0.3) is 0 Å². The predicted octanol–water partition coefficient (Wildman–Crippen LogP) is 6.12. The minimum atomic E-state index is 0.0979. The van der Waals surface area contributed by atoms with Gasteiger partial charge in [0, 0.05) is 20.1 Å². The molecule has 1 N–H and O–H groups in total. The molecule has 2 aromatic heterocycles. The number of hydrogen-bond donors (Lipinski definition) is 1. The maximum absolute atomic E-state index is 4.88. The summed E-state index contributed by atoms with van der Waals surface area (Å²) < 4.78 is 2.24. The third-order valence-corrected chi connectivity index (χ3v) is 7.32. The van der Waals surface area contributed by atoms with Crippen molar-refractivity contribution >= 4 is 54.5 Å². The van der Waals surface area contributed by atoms with Crippen molar-refractivity contribution in [2.75, 3.05) is 6.54 Å². The maximum Gasteiger partial charge on any atom is 0.115 e. The van der Waals surface area contributed by atoms with E-state index in [9.17, 15) is 0 Å². The smallest absolute Gasteiger partial charge is 0.115 e. The van der Waals surface area contributed by atoms with Gasteiger partial charge in [0.15, 0.2) is 0 Å². The van der Waals surface area contributed by atoms with E-state index < -0.39 is 0 Å². The highest BCUT2D eigenvalue weighted by Gasteiger charge is 2.24. The summed E-state index contributed by atoms with van der Waals surface area (Å²) in [5.41, 5.74) is 1.27. The van der Waals surface area contributed by atoms with Gasteiger partial charge < -0.3 is 5.32 Å². The van der Waals surface area contributed by atoms with Crippen LogP contribution < -0.4 is 5.32 Å². The quantitative estimate of drug-likeness (QED) is 0.592. The average molecular weight is 452 g/mol. The number of thiazole rings is 1. The zero-order valence-electron chi connectivity index (χ0n) is 12.7. The number of hydrogen-bond acceptors (Lipinski definition) is 4. The van der Waals surface area contributed by atoms with Crippen molar-refractivity contribution in [3.05, 3.63) is 35.3 Å². The fourth-order valence-electron chi connectivity index (χ4n) is 1.87. The minimum absolute atomic E-state index is 0.0979. The lowest BCUT2D eigenvalue weighted by molar-refractivity contribution is 0.559. The largest absolute Gasteiger partial charge is 0.304 e. The first kappa shape index (κ1) is 17.6. The monoisotopic (exact) mass is 450 g/mol. The van der Waals surface area contributed by atoms with Gasteiger partial charge in [0.2, 0.25) is 0 Å².